The molecule has 1 heterocycles. The normalized spacial score (nSPS) is 21.9. The number of hydrogen-bond acceptors (Lipinski definition) is 3. The zero-order chi connectivity index (χ0) is 18.6. The first-order valence-corrected chi connectivity index (χ1v) is 9.14. The summed E-state index contributed by atoms with van der Waals surface area (Å²) < 4.78 is 0. The molecule has 2 amide bonds. The van der Waals surface area contributed by atoms with E-state index < -0.39 is 6.10 Å². The zero-order valence-electron chi connectivity index (χ0n) is 15.7. The van der Waals surface area contributed by atoms with Crippen LogP contribution in [0.1, 0.15) is 50.9 Å². The Morgan fingerprint density at radius 2 is 1.80 bits per heavy atom. The number of likely N-dealkylation sites (tertiary alicyclic amines) is 1. The van der Waals surface area contributed by atoms with Crippen LogP contribution in [0.5, 0.6) is 0 Å². The summed E-state index contributed by atoms with van der Waals surface area (Å²) in [7, 11) is 0. The van der Waals surface area contributed by atoms with E-state index >= 15 is 0 Å². The number of benzene rings is 1. The Hall–Kier alpha value is -1.88. The average Bonchev–Trinajstić information content (AvgIpc) is 2.53. The number of aliphatic hydroxyl groups is 1. The summed E-state index contributed by atoms with van der Waals surface area (Å²) in [6.07, 6.45) is 0.472. The summed E-state index contributed by atoms with van der Waals surface area (Å²) in [5.74, 6) is 0.658. The molecule has 1 aromatic carbocycles. The van der Waals surface area contributed by atoms with Crippen LogP contribution in [0.3, 0.4) is 0 Å². The zero-order valence-corrected chi connectivity index (χ0v) is 15.7. The molecule has 3 atom stereocenters. The maximum atomic E-state index is 12.9. The third-order valence-corrected chi connectivity index (χ3v) is 4.75. The van der Waals surface area contributed by atoms with Crippen molar-refractivity contribution in [3.63, 3.8) is 0 Å². The van der Waals surface area contributed by atoms with Crippen molar-refractivity contribution in [2.75, 3.05) is 18.4 Å². The monoisotopic (exact) mass is 346 g/mol. The Kier molecular flexibility index (Phi) is 6.59. The van der Waals surface area contributed by atoms with Crippen molar-refractivity contribution in [1.29, 1.82) is 0 Å². The van der Waals surface area contributed by atoms with Crippen LogP contribution >= 0.6 is 0 Å². The largest absolute Gasteiger partial charge is 0.392 e. The quantitative estimate of drug-likeness (QED) is 0.860. The van der Waals surface area contributed by atoms with Crippen LogP contribution in [-0.2, 0) is 4.79 Å². The van der Waals surface area contributed by atoms with Crippen LogP contribution in [-0.4, -0.2) is 41.0 Å². The van der Waals surface area contributed by atoms with Gasteiger partial charge in [-0.1, -0.05) is 39.8 Å². The maximum absolute atomic E-state index is 12.9. The first-order chi connectivity index (χ1) is 11.8. The van der Waals surface area contributed by atoms with E-state index in [1.54, 1.807) is 18.2 Å². The minimum Gasteiger partial charge on any atom is -0.392 e. The van der Waals surface area contributed by atoms with Crippen molar-refractivity contribution >= 4 is 17.5 Å². The fourth-order valence-electron chi connectivity index (χ4n) is 3.40. The molecule has 1 aliphatic heterocycles. The molecule has 0 radical (unpaired) electrons. The number of nitrogens with one attached hydrogen (secondary N) is 1. The predicted octanol–water partition coefficient (Wildman–Crippen LogP) is 3.15. The van der Waals surface area contributed by atoms with Crippen molar-refractivity contribution in [1.82, 2.24) is 4.90 Å². The number of aliphatic hydroxyl groups excluding tert-OH is 1. The summed E-state index contributed by atoms with van der Waals surface area (Å²) in [6.45, 7) is 9.56. The van der Waals surface area contributed by atoms with E-state index in [0.717, 1.165) is 19.5 Å². The lowest BCUT2D eigenvalue weighted by Crippen LogP contribution is -2.42. The van der Waals surface area contributed by atoms with E-state index in [2.05, 4.69) is 19.2 Å². The van der Waals surface area contributed by atoms with Gasteiger partial charge in [0.2, 0.25) is 5.91 Å². The number of hydrogen-bond donors (Lipinski definition) is 2. The molecule has 0 spiro atoms. The molecule has 5 heteroatoms. The number of rotatable bonds is 5. The Labute approximate surface area is 150 Å². The number of carbonyl (C=O) groups excluding carboxylic acids is 2. The fourth-order valence-corrected chi connectivity index (χ4v) is 3.40. The average molecular weight is 346 g/mol. The lowest BCUT2D eigenvalue weighted by molar-refractivity contribution is -0.118. The highest BCUT2D eigenvalue weighted by molar-refractivity contribution is 6.03. The lowest BCUT2D eigenvalue weighted by Gasteiger charge is -2.35. The third kappa shape index (κ3) is 5.30. The second kappa shape index (κ2) is 8.48. The number of para-hydroxylation sites is 1. The molecular weight excluding hydrogens is 316 g/mol. The van der Waals surface area contributed by atoms with Crippen molar-refractivity contribution in [2.24, 2.45) is 17.8 Å². The first-order valence-electron chi connectivity index (χ1n) is 9.14. The molecule has 2 rings (SSSR count). The molecule has 1 aliphatic rings. The predicted molar refractivity (Wildman–Crippen MR) is 99.4 cm³/mol. The molecule has 1 saturated heterocycles. The summed E-state index contributed by atoms with van der Waals surface area (Å²) in [5.41, 5.74) is 1.02. The van der Waals surface area contributed by atoms with E-state index in [0.29, 0.717) is 23.1 Å². The third-order valence-electron chi connectivity index (χ3n) is 4.75. The molecule has 0 aliphatic carbocycles. The molecule has 5 nitrogen and oxygen atoms in total. The SMILES string of the molecule is CC1CC(C)CN(C(=O)c2ccccc2NC(=O)CC(O)C(C)C)C1. The van der Waals surface area contributed by atoms with Gasteiger partial charge in [-0.15, -0.1) is 0 Å². The maximum Gasteiger partial charge on any atom is 0.255 e. The van der Waals surface area contributed by atoms with E-state index in [9.17, 15) is 14.7 Å². The second-order valence-electron chi connectivity index (χ2n) is 7.77. The van der Waals surface area contributed by atoms with Gasteiger partial charge in [0.25, 0.3) is 5.91 Å². The highest BCUT2D eigenvalue weighted by Crippen LogP contribution is 2.25. The topological polar surface area (TPSA) is 69.6 Å². The van der Waals surface area contributed by atoms with Crippen molar-refractivity contribution in [3.8, 4) is 0 Å². The van der Waals surface area contributed by atoms with Crippen LogP contribution in [0.15, 0.2) is 24.3 Å². The molecular formula is C20H30N2O3. The molecule has 3 unspecified atom stereocenters. The molecule has 1 fully saturated rings. The highest BCUT2D eigenvalue weighted by atomic mass is 16.3. The molecule has 0 saturated carbocycles. The van der Waals surface area contributed by atoms with Gasteiger partial charge in [-0.05, 0) is 36.3 Å². The van der Waals surface area contributed by atoms with Gasteiger partial charge in [-0.2, -0.15) is 0 Å². The Morgan fingerprint density at radius 3 is 2.40 bits per heavy atom. The summed E-state index contributed by atoms with van der Waals surface area (Å²) in [5, 5.41) is 12.7. The van der Waals surface area contributed by atoms with E-state index in [4.69, 9.17) is 0 Å². The molecule has 138 valence electrons. The standard InChI is InChI=1S/C20H30N2O3/c1-13(2)18(23)10-19(24)21-17-8-6-5-7-16(17)20(25)22-11-14(3)9-15(4)12-22/h5-8,13-15,18,23H,9-12H2,1-4H3,(H,21,24). The van der Waals surface area contributed by atoms with E-state index in [1.165, 1.54) is 0 Å². The lowest BCUT2D eigenvalue weighted by atomic mass is 9.91. The molecule has 1 aromatic rings. The summed E-state index contributed by atoms with van der Waals surface area (Å²) in [4.78, 5) is 27.0. The molecule has 0 bridgehead atoms. The first kappa shape index (κ1) is 19.4. The number of nitrogens with zero attached hydrogens (tertiary/aromatic N) is 1. The second-order valence-corrected chi connectivity index (χ2v) is 7.77. The van der Waals surface area contributed by atoms with Crippen LogP contribution in [0.25, 0.3) is 0 Å². The molecule has 0 aromatic heterocycles. The fraction of sp³-hybridized carbons (Fsp3) is 0.600. The van der Waals surface area contributed by atoms with Gasteiger partial charge in [-0.25, -0.2) is 0 Å². The van der Waals surface area contributed by atoms with Crippen molar-refractivity contribution in [3.05, 3.63) is 29.8 Å². The van der Waals surface area contributed by atoms with Crippen molar-refractivity contribution < 1.29 is 14.7 Å². The number of piperidine rings is 1. The van der Waals surface area contributed by atoms with Gasteiger partial charge in [0, 0.05) is 13.1 Å². The smallest absolute Gasteiger partial charge is 0.255 e. The van der Waals surface area contributed by atoms with E-state index in [1.807, 2.05) is 24.8 Å². The Bertz CT molecular complexity index is 605. The highest BCUT2D eigenvalue weighted by Gasteiger charge is 2.27. The number of amides is 2. The van der Waals surface area contributed by atoms with Gasteiger partial charge in [0.15, 0.2) is 0 Å². The van der Waals surface area contributed by atoms with Crippen LogP contribution in [0.2, 0.25) is 0 Å². The van der Waals surface area contributed by atoms with Gasteiger partial charge < -0.3 is 15.3 Å². The molecule has 25 heavy (non-hydrogen) atoms. The minimum atomic E-state index is -0.688. The van der Waals surface area contributed by atoms with Crippen molar-refractivity contribution in [2.45, 2.75) is 46.6 Å². The Balaban J connectivity index is 2.12. The number of carbonyl (C=O) groups is 2. The minimum absolute atomic E-state index is 0.0129. The summed E-state index contributed by atoms with van der Waals surface area (Å²) >= 11 is 0. The summed E-state index contributed by atoms with van der Waals surface area (Å²) in [6, 6.07) is 7.10. The molecule has 2 N–H and O–H groups in total. The number of anilines is 1. The van der Waals surface area contributed by atoms with E-state index in [-0.39, 0.29) is 24.2 Å². The van der Waals surface area contributed by atoms with Gasteiger partial charge in [0.1, 0.15) is 0 Å². The van der Waals surface area contributed by atoms with Crippen LogP contribution in [0.4, 0.5) is 5.69 Å². The van der Waals surface area contributed by atoms with Gasteiger partial charge >= 0.3 is 0 Å². The van der Waals surface area contributed by atoms with Crippen LogP contribution < -0.4 is 5.32 Å². The van der Waals surface area contributed by atoms with Gasteiger partial charge in [0.05, 0.1) is 23.8 Å². The van der Waals surface area contributed by atoms with Crippen LogP contribution in [0, 0.1) is 17.8 Å². The van der Waals surface area contributed by atoms with Gasteiger partial charge in [-0.3, -0.25) is 9.59 Å². The Morgan fingerprint density at radius 1 is 1.20 bits per heavy atom.